The van der Waals surface area contributed by atoms with Crippen LogP contribution >= 0.6 is 15.9 Å². The van der Waals surface area contributed by atoms with Gasteiger partial charge in [-0.15, -0.1) is 0 Å². The highest BCUT2D eigenvalue weighted by molar-refractivity contribution is 9.10. The Morgan fingerprint density at radius 2 is 2.26 bits per heavy atom. The van der Waals surface area contributed by atoms with Crippen molar-refractivity contribution in [3.8, 4) is 5.75 Å². The molecule has 2 unspecified atom stereocenters. The summed E-state index contributed by atoms with van der Waals surface area (Å²) in [5.74, 6) is 0.882. The monoisotopic (exact) mass is 322 g/mol. The van der Waals surface area contributed by atoms with E-state index in [1.165, 1.54) is 0 Å². The van der Waals surface area contributed by atoms with Gasteiger partial charge in [0.15, 0.2) is 5.72 Å². The standard InChI is InChI=1S/C14H15BrN2O2/c1-14-7-11(16-13(18)17(14)9-3-4-9)10-6-8(15)2-5-12(10)19-14/h2,5-6,9,11H,3-4,7H2,1H3,(H,16,18). The fraction of sp³-hybridized carbons (Fsp3) is 0.500. The second-order valence-electron chi connectivity index (χ2n) is 5.77. The largest absolute Gasteiger partial charge is 0.468 e. The highest BCUT2D eigenvalue weighted by atomic mass is 79.9. The van der Waals surface area contributed by atoms with Crippen molar-refractivity contribution in [3.05, 3.63) is 28.2 Å². The van der Waals surface area contributed by atoms with Crippen LogP contribution in [0.5, 0.6) is 5.75 Å². The topological polar surface area (TPSA) is 41.6 Å². The molecule has 2 bridgehead atoms. The number of benzene rings is 1. The van der Waals surface area contributed by atoms with Gasteiger partial charge in [-0.05, 0) is 38.0 Å². The normalized spacial score (nSPS) is 32.4. The van der Waals surface area contributed by atoms with Crippen molar-refractivity contribution < 1.29 is 9.53 Å². The van der Waals surface area contributed by atoms with Gasteiger partial charge in [0.25, 0.3) is 0 Å². The molecule has 19 heavy (non-hydrogen) atoms. The van der Waals surface area contributed by atoms with Gasteiger partial charge in [-0.3, -0.25) is 4.90 Å². The van der Waals surface area contributed by atoms with E-state index in [4.69, 9.17) is 4.74 Å². The summed E-state index contributed by atoms with van der Waals surface area (Å²) in [4.78, 5) is 14.2. The van der Waals surface area contributed by atoms with E-state index in [1.54, 1.807) is 0 Å². The number of carbonyl (C=O) groups excluding carboxylic acids is 1. The van der Waals surface area contributed by atoms with E-state index in [1.807, 2.05) is 30.0 Å². The molecule has 1 saturated heterocycles. The maximum atomic E-state index is 12.3. The number of halogens is 1. The average Bonchev–Trinajstić information content (AvgIpc) is 3.14. The van der Waals surface area contributed by atoms with Crippen molar-refractivity contribution >= 4 is 22.0 Å². The van der Waals surface area contributed by atoms with E-state index < -0.39 is 5.72 Å². The predicted molar refractivity (Wildman–Crippen MR) is 73.9 cm³/mol. The van der Waals surface area contributed by atoms with E-state index in [2.05, 4.69) is 21.2 Å². The molecular formula is C14H15BrN2O2. The molecule has 2 atom stereocenters. The minimum absolute atomic E-state index is 0.00637. The van der Waals surface area contributed by atoms with Crippen LogP contribution in [0.25, 0.3) is 0 Å². The van der Waals surface area contributed by atoms with Gasteiger partial charge in [-0.1, -0.05) is 15.9 Å². The van der Waals surface area contributed by atoms with Crippen molar-refractivity contribution in [3.63, 3.8) is 0 Å². The number of urea groups is 1. The molecule has 3 aliphatic rings. The highest BCUT2D eigenvalue weighted by Gasteiger charge is 2.53. The molecule has 1 saturated carbocycles. The van der Waals surface area contributed by atoms with Crippen LogP contribution in [0.15, 0.2) is 22.7 Å². The first-order valence-corrected chi connectivity index (χ1v) is 7.44. The van der Waals surface area contributed by atoms with E-state index in [0.717, 1.165) is 35.0 Å². The summed E-state index contributed by atoms with van der Waals surface area (Å²) in [6.07, 6.45) is 2.98. The van der Waals surface area contributed by atoms with Gasteiger partial charge < -0.3 is 10.1 Å². The molecule has 2 fully saturated rings. The van der Waals surface area contributed by atoms with E-state index in [-0.39, 0.29) is 12.1 Å². The Morgan fingerprint density at radius 1 is 1.47 bits per heavy atom. The molecule has 0 spiro atoms. The van der Waals surface area contributed by atoms with Crippen LogP contribution in [-0.4, -0.2) is 22.7 Å². The third kappa shape index (κ3) is 1.67. The number of rotatable bonds is 1. The van der Waals surface area contributed by atoms with Crippen molar-refractivity contribution in [2.75, 3.05) is 0 Å². The lowest BCUT2D eigenvalue weighted by atomic mass is 9.90. The van der Waals surface area contributed by atoms with E-state index in [0.29, 0.717) is 6.04 Å². The lowest BCUT2D eigenvalue weighted by molar-refractivity contribution is -0.0878. The smallest absolute Gasteiger partial charge is 0.321 e. The SMILES string of the molecule is CC12CC(NC(=O)N1C1CC1)c1cc(Br)ccc1O2. The number of fused-ring (bicyclic) bond motifs is 4. The van der Waals surface area contributed by atoms with Gasteiger partial charge in [0.1, 0.15) is 5.75 Å². The second-order valence-corrected chi connectivity index (χ2v) is 6.68. The van der Waals surface area contributed by atoms with Crippen LogP contribution in [0.2, 0.25) is 0 Å². The molecular weight excluding hydrogens is 308 g/mol. The minimum Gasteiger partial charge on any atom is -0.468 e. The number of nitrogens with one attached hydrogen (secondary N) is 1. The lowest BCUT2D eigenvalue weighted by Gasteiger charge is -2.51. The Hall–Kier alpha value is -1.23. The maximum absolute atomic E-state index is 12.3. The Kier molecular flexibility index (Phi) is 2.23. The van der Waals surface area contributed by atoms with Crippen LogP contribution in [0, 0.1) is 0 Å². The molecule has 4 rings (SSSR count). The van der Waals surface area contributed by atoms with Gasteiger partial charge >= 0.3 is 6.03 Å². The number of ether oxygens (including phenoxy) is 1. The molecule has 1 aliphatic carbocycles. The van der Waals surface area contributed by atoms with Gasteiger partial charge in [0, 0.05) is 22.5 Å². The first-order valence-electron chi connectivity index (χ1n) is 6.65. The summed E-state index contributed by atoms with van der Waals surface area (Å²) in [5.41, 5.74) is 0.560. The Labute approximate surface area is 120 Å². The van der Waals surface area contributed by atoms with Crippen LogP contribution in [-0.2, 0) is 0 Å². The van der Waals surface area contributed by atoms with Crippen LogP contribution in [0.1, 0.15) is 37.8 Å². The first-order chi connectivity index (χ1) is 9.07. The number of amides is 2. The van der Waals surface area contributed by atoms with Gasteiger partial charge in [-0.25, -0.2) is 4.79 Å². The summed E-state index contributed by atoms with van der Waals surface area (Å²) < 4.78 is 7.19. The molecule has 1 aromatic carbocycles. The zero-order valence-corrected chi connectivity index (χ0v) is 12.2. The lowest BCUT2D eigenvalue weighted by Crippen LogP contribution is -2.65. The average molecular weight is 323 g/mol. The van der Waals surface area contributed by atoms with Gasteiger partial charge in [0.05, 0.1) is 6.04 Å². The predicted octanol–water partition coefficient (Wildman–Crippen LogP) is 3.18. The molecule has 1 N–H and O–H groups in total. The maximum Gasteiger partial charge on any atom is 0.321 e. The van der Waals surface area contributed by atoms with Gasteiger partial charge in [0.2, 0.25) is 0 Å². The summed E-state index contributed by atoms with van der Waals surface area (Å²) in [6.45, 7) is 2.03. The second kappa shape index (κ2) is 3.66. The minimum atomic E-state index is -0.505. The number of hydrogen-bond acceptors (Lipinski definition) is 2. The van der Waals surface area contributed by atoms with Crippen molar-refractivity contribution in [1.82, 2.24) is 10.2 Å². The van der Waals surface area contributed by atoms with Gasteiger partial charge in [-0.2, -0.15) is 0 Å². The third-order valence-corrected chi connectivity index (χ3v) is 4.69. The number of carbonyl (C=O) groups is 1. The van der Waals surface area contributed by atoms with Crippen LogP contribution in [0.4, 0.5) is 4.79 Å². The number of nitrogens with zero attached hydrogens (tertiary/aromatic N) is 1. The fourth-order valence-electron chi connectivity index (χ4n) is 3.25. The van der Waals surface area contributed by atoms with E-state index >= 15 is 0 Å². The molecule has 100 valence electrons. The molecule has 1 aromatic rings. The Bertz CT molecular complexity index is 573. The summed E-state index contributed by atoms with van der Waals surface area (Å²) in [5, 5.41) is 3.11. The summed E-state index contributed by atoms with van der Waals surface area (Å²) in [6, 6.07) is 6.40. The molecule has 2 aliphatic heterocycles. The van der Waals surface area contributed by atoms with Crippen molar-refractivity contribution in [2.24, 2.45) is 0 Å². The highest BCUT2D eigenvalue weighted by Crippen LogP contribution is 2.47. The molecule has 2 amide bonds. The summed E-state index contributed by atoms with van der Waals surface area (Å²) in [7, 11) is 0. The fourth-order valence-corrected chi connectivity index (χ4v) is 3.63. The van der Waals surface area contributed by atoms with Crippen molar-refractivity contribution in [2.45, 2.75) is 44.0 Å². The first kappa shape index (κ1) is 11.6. The quantitative estimate of drug-likeness (QED) is 0.862. The number of hydrogen-bond donors (Lipinski definition) is 1. The molecule has 0 radical (unpaired) electrons. The van der Waals surface area contributed by atoms with Crippen molar-refractivity contribution in [1.29, 1.82) is 0 Å². The molecule has 0 aromatic heterocycles. The molecule has 2 heterocycles. The van der Waals surface area contributed by atoms with Crippen LogP contribution < -0.4 is 10.1 Å². The van der Waals surface area contributed by atoms with E-state index in [9.17, 15) is 4.79 Å². The third-order valence-electron chi connectivity index (χ3n) is 4.20. The zero-order chi connectivity index (χ0) is 13.2. The Balaban J connectivity index is 1.80. The molecule has 4 nitrogen and oxygen atoms in total. The summed E-state index contributed by atoms with van der Waals surface area (Å²) >= 11 is 3.48. The Morgan fingerprint density at radius 3 is 3.00 bits per heavy atom. The molecule has 5 heteroatoms. The van der Waals surface area contributed by atoms with Crippen LogP contribution in [0.3, 0.4) is 0 Å². The zero-order valence-electron chi connectivity index (χ0n) is 10.6.